The molecular weight excluding hydrogens is 332 g/mol. The van der Waals surface area contributed by atoms with Crippen molar-refractivity contribution >= 4 is 23.3 Å². The fourth-order valence-corrected chi connectivity index (χ4v) is 2.68. The predicted molar refractivity (Wildman–Crippen MR) is 100 cm³/mol. The molecular formula is C20H18N2O2S. The number of amides is 1. The monoisotopic (exact) mass is 350 g/mol. The zero-order valence-electron chi connectivity index (χ0n) is 13.6. The molecule has 0 aliphatic rings. The number of thiazole rings is 1. The highest BCUT2D eigenvalue weighted by atomic mass is 32.1. The Bertz CT molecular complexity index is 813. The minimum absolute atomic E-state index is 0.141. The van der Waals surface area contributed by atoms with Crippen LogP contribution in [0.2, 0.25) is 0 Å². The van der Waals surface area contributed by atoms with Crippen LogP contribution in [0.4, 0.5) is 0 Å². The number of benzene rings is 2. The van der Waals surface area contributed by atoms with Gasteiger partial charge in [-0.2, -0.15) is 0 Å². The lowest BCUT2D eigenvalue weighted by molar-refractivity contribution is -0.116. The van der Waals surface area contributed by atoms with Gasteiger partial charge in [0.2, 0.25) is 5.91 Å². The number of aromatic nitrogens is 1. The summed E-state index contributed by atoms with van der Waals surface area (Å²) in [6.07, 6.45) is 3.19. The summed E-state index contributed by atoms with van der Waals surface area (Å²) in [6.45, 7) is 1.01. The van der Waals surface area contributed by atoms with E-state index < -0.39 is 0 Å². The van der Waals surface area contributed by atoms with E-state index in [2.05, 4.69) is 10.3 Å². The first-order valence-corrected chi connectivity index (χ1v) is 8.84. The third-order valence-electron chi connectivity index (χ3n) is 3.50. The van der Waals surface area contributed by atoms with E-state index >= 15 is 0 Å². The first-order chi connectivity index (χ1) is 12.3. The molecule has 5 heteroatoms. The zero-order valence-corrected chi connectivity index (χ0v) is 14.4. The van der Waals surface area contributed by atoms with Crippen molar-refractivity contribution in [3.63, 3.8) is 0 Å². The van der Waals surface area contributed by atoms with Crippen LogP contribution < -0.4 is 10.1 Å². The minimum Gasteiger partial charge on any atom is -0.489 e. The molecule has 1 amide bonds. The van der Waals surface area contributed by atoms with Crippen molar-refractivity contribution in [2.75, 3.05) is 0 Å². The normalized spacial score (nSPS) is 10.7. The molecule has 0 fully saturated rings. The Morgan fingerprint density at radius 3 is 2.60 bits per heavy atom. The smallest absolute Gasteiger partial charge is 0.244 e. The summed E-state index contributed by atoms with van der Waals surface area (Å²) >= 11 is 1.50. The molecule has 3 rings (SSSR count). The summed E-state index contributed by atoms with van der Waals surface area (Å²) in [7, 11) is 0. The first kappa shape index (κ1) is 16.9. The number of ether oxygens (including phenoxy) is 1. The molecule has 0 radical (unpaired) electrons. The lowest BCUT2D eigenvalue weighted by Gasteiger charge is -2.08. The summed E-state index contributed by atoms with van der Waals surface area (Å²) in [4.78, 5) is 15.9. The average Bonchev–Trinajstić information content (AvgIpc) is 3.18. The predicted octanol–water partition coefficient (Wildman–Crippen LogP) is 4.05. The van der Waals surface area contributed by atoms with Crippen molar-refractivity contribution in [3.8, 4) is 5.75 Å². The van der Waals surface area contributed by atoms with Crippen LogP contribution in [0.15, 0.2) is 71.6 Å². The molecule has 1 heterocycles. The molecule has 0 spiro atoms. The van der Waals surface area contributed by atoms with E-state index in [1.807, 2.05) is 60.0 Å². The Labute approximate surface area is 150 Å². The Balaban J connectivity index is 1.45. The van der Waals surface area contributed by atoms with Crippen molar-refractivity contribution in [1.29, 1.82) is 0 Å². The number of carbonyl (C=O) groups is 1. The summed E-state index contributed by atoms with van der Waals surface area (Å²) < 4.78 is 5.75. The molecule has 0 saturated carbocycles. The lowest BCUT2D eigenvalue weighted by Crippen LogP contribution is -2.20. The maximum absolute atomic E-state index is 11.8. The van der Waals surface area contributed by atoms with Gasteiger partial charge in [-0.1, -0.05) is 42.5 Å². The van der Waals surface area contributed by atoms with Gasteiger partial charge in [-0.25, -0.2) is 4.98 Å². The number of hydrogen-bond donors (Lipinski definition) is 1. The van der Waals surface area contributed by atoms with Crippen molar-refractivity contribution in [2.24, 2.45) is 0 Å². The van der Waals surface area contributed by atoms with E-state index in [1.54, 1.807) is 11.6 Å². The number of rotatable bonds is 7. The second-order valence-corrected chi connectivity index (χ2v) is 6.10. The second-order valence-electron chi connectivity index (χ2n) is 5.38. The van der Waals surface area contributed by atoms with Crippen molar-refractivity contribution in [2.45, 2.75) is 13.2 Å². The van der Waals surface area contributed by atoms with Crippen LogP contribution in [0.1, 0.15) is 16.8 Å². The van der Waals surface area contributed by atoms with E-state index in [9.17, 15) is 4.79 Å². The maximum Gasteiger partial charge on any atom is 0.244 e. The van der Waals surface area contributed by atoms with Crippen LogP contribution in [-0.2, 0) is 17.9 Å². The van der Waals surface area contributed by atoms with Crippen molar-refractivity contribution in [3.05, 3.63) is 88.4 Å². The molecule has 0 saturated heterocycles. The van der Waals surface area contributed by atoms with Gasteiger partial charge in [-0.05, 0) is 29.3 Å². The maximum atomic E-state index is 11.8. The van der Waals surface area contributed by atoms with E-state index in [-0.39, 0.29) is 5.91 Å². The molecule has 0 bridgehead atoms. The van der Waals surface area contributed by atoms with Gasteiger partial charge in [0, 0.05) is 18.0 Å². The molecule has 0 unspecified atom stereocenters. The van der Waals surface area contributed by atoms with Gasteiger partial charge in [-0.15, -0.1) is 11.3 Å². The molecule has 4 nitrogen and oxygen atoms in total. The van der Waals surface area contributed by atoms with E-state index in [4.69, 9.17) is 4.74 Å². The molecule has 1 N–H and O–H groups in total. The number of carbonyl (C=O) groups excluding carboxylic acids is 1. The minimum atomic E-state index is -0.141. The fourth-order valence-electron chi connectivity index (χ4n) is 2.16. The Morgan fingerprint density at radius 2 is 1.88 bits per heavy atom. The lowest BCUT2D eigenvalue weighted by atomic mass is 10.2. The number of nitrogens with zero attached hydrogens (tertiary/aromatic N) is 1. The van der Waals surface area contributed by atoms with Gasteiger partial charge in [-0.3, -0.25) is 4.79 Å². The molecule has 25 heavy (non-hydrogen) atoms. The molecule has 3 aromatic rings. The highest BCUT2D eigenvalue weighted by molar-refractivity contribution is 7.07. The number of nitrogens with one attached hydrogen (secondary N) is 1. The Kier molecular flexibility index (Phi) is 5.96. The summed E-state index contributed by atoms with van der Waals surface area (Å²) in [5.74, 6) is 0.666. The molecule has 0 atom stereocenters. The quantitative estimate of drug-likeness (QED) is 0.654. The van der Waals surface area contributed by atoms with Gasteiger partial charge in [0.1, 0.15) is 12.4 Å². The Hall–Kier alpha value is -2.92. The second kappa shape index (κ2) is 8.80. The Morgan fingerprint density at radius 1 is 1.08 bits per heavy atom. The van der Waals surface area contributed by atoms with Crippen molar-refractivity contribution in [1.82, 2.24) is 10.3 Å². The van der Waals surface area contributed by atoms with Gasteiger partial charge in [0.15, 0.2) is 0 Å². The van der Waals surface area contributed by atoms with Crippen LogP contribution in [-0.4, -0.2) is 10.9 Å². The molecule has 0 aliphatic heterocycles. The van der Waals surface area contributed by atoms with Crippen LogP contribution in [0.3, 0.4) is 0 Å². The highest BCUT2D eigenvalue weighted by Gasteiger charge is 2.00. The van der Waals surface area contributed by atoms with Gasteiger partial charge < -0.3 is 10.1 Å². The van der Waals surface area contributed by atoms with Crippen LogP contribution in [0.5, 0.6) is 5.75 Å². The fraction of sp³-hybridized carbons (Fsp3) is 0.100. The number of hydrogen-bond acceptors (Lipinski definition) is 4. The van der Waals surface area contributed by atoms with Crippen LogP contribution >= 0.6 is 11.3 Å². The van der Waals surface area contributed by atoms with Crippen LogP contribution in [0.25, 0.3) is 6.08 Å². The largest absolute Gasteiger partial charge is 0.489 e. The molecule has 0 aliphatic carbocycles. The first-order valence-electron chi connectivity index (χ1n) is 7.89. The van der Waals surface area contributed by atoms with E-state index in [1.165, 1.54) is 17.4 Å². The van der Waals surface area contributed by atoms with Crippen LogP contribution in [0, 0.1) is 0 Å². The summed E-state index contributed by atoms with van der Waals surface area (Å²) in [5, 5.41) is 4.73. The topological polar surface area (TPSA) is 51.2 Å². The van der Waals surface area contributed by atoms with Gasteiger partial charge >= 0.3 is 0 Å². The third-order valence-corrected chi connectivity index (χ3v) is 4.10. The summed E-state index contributed by atoms with van der Waals surface area (Å²) in [5.41, 5.74) is 4.67. The van der Waals surface area contributed by atoms with E-state index in [0.717, 1.165) is 22.6 Å². The third kappa shape index (κ3) is 5.58. The molecule has 126 valence electrons. The SMILES string of the molecule is O=C(/C=C/c1cscn1)NCc1ccc(OCc2ccccc2)cc1. The van der Waals surface area contributed by atoms with E-state index in [0.29, 0.717) is 13.2 Å². The van der Waals surface area contributed by atoms with Gasteiger partial charge in [0.25, 0.3) is 0 Å². The summed E-state index contributed by atoms with van der Waals surface area (Å²) in [6, 6.07) is 17.8. The molecule has 2 aromatic carbocycles. The average molecular weight is 350 g/mol. The standard InChI is InChI=1S/C20H18N2O2S/c23-20(11-8-18-14-25-15-22-18)21-12-16-6-9-19(10-7-16)24-13-17-4-2-1-3-5-17/h1-11,14-15H,12-13H2,(H,21,23)/b11-8+. The highest BCUT2D eigenvalue weighted by Crippen LogP contribution is 2.14. The zero-order chi connectivity index (χ0) is 17.3. The molecule has 1 aromatic heterocycles. The van der Waals surface area contributed by atoms with Gasteiger partial charge in [0.05, 0.1) is 11.2 Å². The van der Waals surface area contributed by atoms with Crippen molar-refractivity contribution < 1.29 is 9.53 Å².